The highest BCUT2D eigenvalue weighted by molar-refractivity contribution is 5.35. The Morgan fingerprint density at radius 3 is 2.47 bits per heavy atom. The first-order valence-electron chi connectivity index (χ1n) is 7.51. The van der Waals surface area contributed by atoms with Gasteiger partial charge in [-0.1, -0.05) is 43.0 Å². The first-order chi connectivity index (χ1) is 9.05. The zero-order chi connectivity index (χ0) is 13.9. The molecule has 2 heteroatoms. The van der Waals surface area contributed by atoms with Crippen molar-refractivity contribution >= 4 is 0 Å². The second kappa shape index (κ2) is 6.06. The molecule has 1 aliphatic rings. The van der Waals surface area contributed by atoms with Crippen LogP contribution in [0.2, 0.25) is 0 Å². The monoisotopic (exact) mass is 261 g/mol. The fourth-order valence-corrected chi connectivity index (χ4v) is 3.34. The molecular weight excluding hydrogens is 234 g/mol. The molecule has 1 aromatic carbocycles. The molecule has 0 spiro atoms. The third kappa shape index (κ3) is 3.37. The molecule has 1 atom stereocenters. The van der Waals surface area contributed by atoms with Crippen LogP contribution in [0.25, 0.3) is 0 Å². The topological polar surface area (TPSA) is 32.3 Å². The number of hydrogen-bond donors (Lipinski definition) is 2. The second-order valence-electron chi connectivity index (χ2n) is 6.29. The molecule has 0 saturated heterocycles. The first kappa shape index (κ1) is 14.5. The molecule has 19 heavy (non-hydrogen) atoms. The highest BCUT2D eigenvalue weighted by Crippen LogP contribution is 2.28. The standard InChI is InChI=1S/C17H27NO/c1-13-9-10-16(14(2)11-13)17(3,12-19)18-15-7-5-4-6-8-15/h9-11,15,18-19H,4-8,12H2,1-3H3. The minimum Gasteiger partial charge on any atom is -0.394 e. The summed E-state index contributed by atoms with van der Waals surface area (Å²) in [5, 5.41) is 13.6. The fourth-order valence-electron chi connectivity index (χ4n) is 3.34. The van der Waals surface area contributed by atoms with E-state index >= 15 is 0 Å². The van der Waals surface area contributed by atoms with Crippen LogP contribution < -0.4 is 5.32 Å². The van der Waals surface area contributed by atoms with Gasteiger partial charge in [-0.2, -0.15) is 0 Å². The Labute approximate surface area is 117 Å². The van der Waals surface area contributed by atoms with Crippen LogP contribution in [0.3, 0.4) is 0 Å². The number of nitrogens with one attached hydrogen (secondary N) is 1. The van der Waals surface area contributed by atoms with Crippen LogP contribution in [-0.2, 0) is 5.54 Å². The summed E-state index contributed by atoms with van der Waals surface area (Å²) < 4.78 is 0. The molecule has 0 aromatic heterocycles. The van der Waals surface area contributed by atoms with Crippen molar-refractivity contribution in [2.75, 3.05) is 6.61 Å². The summed E-state index contributed by atoms with van der Waals surface area (Å²) in [6.45, 7) is 6.52. The van der Waals surface area contributed by atoms with E-state index in [0.29, 0.717) is 6.04 Å². The molecule has 1 aromatic rings. The summed E-state index contributed by atoms with van der Waals surface area (Å²) in [5.41, 5.74) is 3.45. The van der Waals surface area contributed by atoms with Gasteiger partial charge in [-0.3, -0.25) is 0 Å². The van der Waals surface area contributed by atoms with E-state index in [1.165, 1.54) is 48.8 Å². The Kier molecular flexibility index (Phi) is 4.64. The van der Waals surface area contributed by atoms with E-state index in [4.69, 9.17) is 0 Å². The molecule has 2 N–H and O–H groups in total. The average Bonchev–Trinajstić information content (AvgIpc) is 2.39. The third-order valence-corrected chi connectivity index (χ3v) is 4.42. The van der Waals surface area contributed by atoms with E-state index in [0.717, 1.165) is 0 Å². The van der Waals surface area contributed by atoms with Gasteiger partial charge in [0, 0.05) is 6.04 Å². The lowest BCUT2D eigenvalue weighted by Crippen LogP contribution is -2.49. The lowest BCUT2D eigenvalue weighted by Gasteiger charge is -2.37. The van der Waals surface area contributed by atoms with Crippen LogP contribution in [0.15, 0.2) is 18.2 Å². The smallest absolute Gasteiger partial charge is 0.0652 e. The van der Waals surface area contributed by atoms with Crippen molar-refractivity contribution in [2.45, 2.75) is 64.5 Å². The van der Waals surface area contributed by atoms with Gasteiger partial charge in [0.1, 0.15) is 0 Å². The van der Waals surface area contributed by atoms with Gasteiger partial charge in [0.2, 0.25) is 0 Å². The molecular formula is C17H27NO. The number of aryl methyl sites for hydroxylation is 2. The number of aliphatic hydroxyl groups is 1. The van der Waals surface area contributed by atoms with Crippen LogP contribution in [0, 0.1) is 13.8 Å². The van der Waals surface area contributed by atoms with Gasteiger partial charge in [0.05, 0.1) is 12.1 Å². The highest BCUT2D eigenvalue weighted by Gasteiger charge is 2.30. The van der Waals surface area contributed by atoms with Crippen LogP contribution in [0.4, 0.5) is 0 Å². The van der Waals surface area contributed by atoms with Crippen molar-refractivity contribution in [2.24, 2.45) is 0 Å². The first-order valence-corrected chi connectivity index (χ1v) is 7.51. The van der Waals surface area contributed by atoms with E-state index in [2.05, 4.69) is 44.3 Å². The highest BCUT2D eigenvalue weighted by atomic mass is 16.3. The zero-order valence-corrected chi connectivity index (χ0v) is 12.5. The van der Waals surface area contributed by atoms with Gasteiger partial charge in [0.25, 0.3) is 0 Å². The fraction of sp³-hybridized carbons (Fsp3) is 0.647. The molecule has 0 amide bonds. The average molecular weight is 261 g/mol. The van der Waals surface area contributed by atoms with Crippen LogP contribution in [0.5, 0.6) is 0 Å². The Hall–Kier alpha value is -0.860. The summed E-state index contributed by atoms with van der Waals surface area (Å²) in [6.07, 6.45) is 6.46. The van der Waals surface area contributed by atoms with Crippen molar-refractivity contribution < 1.29 is 5.11 Å². The van der Waals surface area contributed by atoms with Crippen LogP contribution in [-0.4, -0.2) is 17.8 Å². The summed E-state index contributed by atoms with van der Waals surface area (Å²) in [5.74, 6) is 0. The van der Waals surface area contributed by atoms with Crippen molar-refractivity contribution in [1.82, 2.24) is 5.32 Å². The van der Waals surface area contributed by atoms with E-state index in [9.17, 15) is 5.11 Å². The summed E-state index contributed by atoms with van der Waals surface area (Å²) in [7, 11) is 0. The summed E-state index contributed by atoms with van der Waals surface area (Å²) in [4.78, 5) is 0. The summed E-state index contributed by atoms with van der Waals surface area (Å²) >= 11 is 0. The summed E-state index contributed by atoms with van der Waals surface area (Å²) in [6, 6.07) is 7.05. The maximum Gasteiger partial charge on any atom is 0.0652 e. The maximum atomic E-state index is 9.90. The van der Waals surface area contributed by atoms with Crippen LogP contribution >= 0.6 is 0 Å². The van der Waals surface area contributed by atoms with Crippen molar-refractivity contribution in [1.29, 1.82) is 0 Å². The lowest BCUT2D eigenvalue weighted by molar-refractivity contribution is 0.150. The van der Waals surface area contributed by atoms with Gasteiger partial charge in [-0.25, -0.2) is 0 Å². The normalized spacial score (nSPS) is 20.2. The molecule has 2 nitrogen and oxygen atoms in total. The van der Waals surface area contributed by atoms with Gasteiger partial charge in [0.15, 0.2) is 0 Å². The zero-order valence-electron chi connectivity index (χ0n) is 12.5. The molecule has 2 rings (SSSR count). The Balaban J connectivity index is 2.20. The predicted molar refractivity (Wildman–Crippen MR) is 80.4 cm³/mol. The van der Waals surface area contributed by atoms with Crippen molar-refractivity contribution in [3.8, 4) is 0 Å². The van der Waals surface area contributed by atoms with Gasteiger partial charge >= 0.3 is 0 Å². The molecule has 1 aliphatic carbocycles. The van der Waals surface area contributed by atoms with E-state index in [1.54, 1.807) is 0 Å². The number of hydrogen-bond acceptors (Lipinski definition) is 2. The van der Waals surface area contributed by atoms with Crippen molar-refractivity contribution in [3.05, 3.63) is 34.9 Å². The lowest BCUT2D eigenvalue weighted by atomic mass is 9.85. The van der Waals surface area contributed by atoms with Gasteiger partial charge < -0.3 is 10.4 Å². The molecule has 0 radical (unpaired) electrons. The van der Waals surface area contributed by atoms with E-state index < -0.39 is 0 Å². The van der Waals surface area contributed by atoms with Crippen LogP contribution in [0.1, 0.15) is 55.7 Å². The molecule has 0 bridgehead atoms. The number of benzene rings is 1. The Bertz CT molecular complexity index is 423. The van der Waals surface area contributed by atoms with Gasteiger partial charge in [-0.05, 0) is 44.7 Å². The SMILES string of the molecule is Cc1ccc(C(C)(CO)NC2CCCCC2)c(C)c1. The molecule has 1 saturated carbocycles. The number of aliphatic hydroxyl groups excluding tert-OH is 1. The minimum atomic E-state index is -0.320. The molecule has 106 valence electrons. The van der Waals surface area contributed by atoms with E-state index in [-0.39, 0.29) is 12.1 Å². The van der Waals surface area contributed by atoms with E-state index in [1.807, 2.05) is 0 Å². The Morgan fingerprint density at radius 1 is 1.21 bits per heavy atom. The van der Waals surface area contributed by atoms with Crippen molar-refractivity contribution in [3.63, 3.8) is 0 Å². The molecule has 0 heterocycles. The maximum absolute atomic E-state index is 9.90. The molecule has 0 aliphatic heterocycles. The quantitative estimate of drug-likeness (QED) is 0.870. The Morgan fingerprint density at radius 2 is 1.89 bits per heavy atom. The number of rotatable bonds is 4. The molecule has 1 unspecified atom stereocenters. The predicted octanol–water partition coefficient (Wildman–Crippen LogP) is 3.43. The third-order valence-electron chi connectivity index (χ3n) is 4.42. The van der Waals surface area contributed by atoms with Gasteiger partial charge in [-0.15, -0.1) is 0 Å². The second-order valence-corrected chi connectivity index (χ2v) is 6.29. The molecule has 1 fully saturated rings. The largest absolute Gasteiger partial charge is 0.394 e. The minimum absolute atomic E-state index is 0.146.